The zero-order valence-corrected chi connectivity index (χ0v) is 6.97. The zero-order valence-electron chi connectivity index (χ0n) is 6.97. The van der Waals surface area contributed by atoms with Crippen molar-refractivity contribution in [1.29, 1.82) is 0 Å². The molecule has 7 heteroatoms. The van der Waals surface area contributed by atoms with Gasteiger partial charge < -0.3 is 4.90 Å². The first-order chi connectivity index (χ1) is 6.41. The van der Waals surface area contributed by atoms with Crippen molar-refractivity contribution in [2.75, 3.05) is 6.54 Å². The molecule has 0 bridgehead atoms. The Morgan fingerprint density at radius 2 is 2.00 bits per heavy atom. The molecule has 0 spiro atoms. The number of hydrogen-bond acceptors (Lipinski definition) is 2. The van der Waals surface area contributed by atoms with Gasteiger partial charge in [0, 0.05) is 6.54 Å². The molecule has 2 saturated heterocycles. The van der Waals surface area contributed by atoms with Crippen LogP contribution in [0.4, 0.5) is 18.0 Å². The van der Waals surface area contributed by atoms with Crippen molar-refractivity contribution in [3.05, 3.63) is 0 Å². The van der Waals surface area contributed by atoms with Crippen LogP contribution in [0.3, 0.4) is 0 Å². The Balaban J connectivity index is 2.26. The quantitative estimate of drug-likeness (QED) is 0.589. The van der Waals surface area contributed by atoms with Crippen molar-refractivity contribution in [1.82, 2.24) is 10.2 Å². The first-order valence-corrected chi connectivity index (χ1v) is 4.09. The highest BCUT2D eigenvalue weighted by Gasteiger charge is 2.57. The van der Waals surface area contributed by atoms with Crippen LogP contribution in [0.5, 0.6) is 0 Å². The predicted molar refractivity (Wildman–Crippen MR) is 38.2 cm³/mol. The van der Waals surface area contributed by atoms with Crippen molar-refractivity contribution < 1.29 is 22.8 Å². The van der Waals surface area contributed by atoms with Crippen LogP contribution < -0.4 is 5.32 Å². The van der Waals surface area contributed by atoms with E-state index in [0.29, 0.717) is 0 Å². The van der Waals surface area contributed by atoms with Gasteiger partial charge in [0.2, 0.25) is 0 Å². The Kier molecular flexibility index (Phi) is 1.73. The topological polar surface area (TPSA) is 49.4 Å². The van der Waals surface area contributed by atoms with Gasteiger partial charge in [-0.05, 0) is 6.42 Å². The fourth-order valence-electron chi connectivity index (χ4n) is 1.94. The Morgan fingerprint density at radius 1 is 1.36 bits per heavy atom. The molecule has 14 heavy (non-hydrogen) atoms. The minimum Gasteiger partial charge on any atom is -0.312 e. The third kappa shape index (κ3) is 1.15. The van der Waals surface area contributed by atoms with Crippen LogP contribution in [-0.4, -0.2) is 35.6 Å². The molecular formula is C7H7F3N2O2. The molecule has 2 rings (SSSR count). The maximum Gasteiger partial charge on any atom is 0.394 e. The van der Waals surface area contributed by atoms with Crippen molar-refractivity contribution in [2.24, 2.45) is 5.92 Å². The van der Waals surface area contributed by atoms with E-state index < -0.39 is 30.1 Å². The monoisotopic (exact) mass is 208 g/mol. The minimum absolute atomic E-state index is 0.00752. The number of nitrogens with zero attached hydrogens (tertiary/aromatic N) is 1. The molecule has 2 atom stereocenters. The van der Waals surface area contributed by atoms with Gasteiger partial charge in [-0.15, -0.1) is 0 Å². The van der Waals surface area contributed by atoms with Gasteiger partial charge in [0.05, 0.1) is 5.92 Å². The standard InChI is InChI=1S/C7H7F3N2O2/c8-7(9,10)3-1-2-12-4(3)5(13)11-6(12)14/h3-4H,1-2H2,(H,11,13,14). The van der Waals surface area contributed by atoms with Crippen LogP contribution >= 0.6 is 0 Å². The number of carbonyl (C=O) groups is 2. The third-order valence-corrected chi connectivity index (χ3v) is 2.58. The fraction of sp³-hybridized carbons (Fsp3) is 0.714. The number of halogens is 3. The molecule has 2 aliphatic rings. The van der Waals surface area contributed by atoms with Crippen LogP contribution in [0.15, 0.2) is 0 Å². The average Bonchev–Trinajstić information content (AvgIpc) is 2.53. The summed E-state index contributed by atoms with van der Waals surface area (Å²) in [5, 5.41) is 1.87. The van der Waals surface area contributed by atoms with Crippen LogP contribution in [0.2, 0.25) is 0 Å². The van der Waals surface area contributed by atoms with E-state index >= 15 is 0 Å². The second-order valence-electron chi connectivity index (χ2n) is 3.37. The summed E-state index contributed by atoms with van der Waals surface area (Å²) in [4.78, 5) is 23.0. The average molecular weight is 208 g/mol. The van der Waals surface area contributed by atoms with Gasteiger partial charge in [0.1, 0.15) is 6.04 Å². The van der Waals surface area contributed by atoms with E-state index in [2.05, 4.69) is 0 Å². The lowest BCUT2D eigenvalue weighted by Gasteiger charge is -2.19. The number of carbonyl (C=O) groups excluding carboxylic acids is 2. The highest BCUT2D eigenvalue weighted by Crippen LogP contribution is 2.39. The third-order valence-electron chi connectivity index (χ3n) is 2.58. The number of hydrogen-bond donors (Lipinski definition) is 1. The lowest BCUT2D eigenvalue weighted by molar-refractivity contribution is -0.180. The summed E-state index contributed by atoms with van der Waals surface area (Å²) < 4.78 is 37.1. The largest absolute Gasteiger partial charge is 0.394 e. The molecule has 0 aromatic heterocycles. The molecule has 0 aliphatic carbocycles. The molecule has 4 nitrogen and oxygen atoms in total. The second-order valence-corrected chi connectivity index (χ2v) is 3.37. The smallest absolute Gasteiger partial charge is 0.312 e. The molecule has 0 aromatic rings. The van der Waals surface area contributed by atoms with Gasteiger partial charge in [-0.2, -0.15) is 13.2 Å². The number of alkyl halides is 3. The summed E-state index contributed by atoms with van der Waals surface area (Å²) >= 11 is 0. The summed E-state index contributed by atoms with van der Waals surface area (Å²) in [6, 6.07) is -2.06. The van der Waals surface area contributed by atoms with E-state index in [9.17, 15) is 22.8 Å². The number of imide groups is 1. The Hall–Kier alpha value is -1.27. The van der Waals surface area contributed by atoms with Crippen LogP contribution in [-0.2, 0) is 4.79 Å². The molecule has 78 valence electrons. The number of rotatable bonds is 0. The summed E-state index contributed by atoms with van der Waals surface area (Å²) in [5.74, 6) is -2.55. The van der Waals surface area contributed by atoms with E-state index in [1.54, 1.807) is 0 Å². The lowest BCUT2D eigenvalue weighted by atomic mass is 10.00. The molecule has 2 fully saturated rings. The molecule has 0 radical (unpaired) electrons. The van der Waals surface area contributed by atoms with Gasteiger partial charge in [0.15, 0.2) is 0 Å². The van der Waals surface area contributed by atoms with E-state index in [-0.39, 0.29) is 13.0 Å². The van der Waals surface area contributed by atoms with Crippen molar-refractivity contribution >= 4 is 11.9 Å². The summed E-state index contributed by atoms with van der Waals surface area (Å²) in [7, 11) is 0. The predicted octanol–water partition coefficient (Wildman–Crippen LogP) is 0.489. The molecular weight excluding hydrogens is 201 g/mol. The number of amides is 3. The fourth-order valence-corrected chi connectivity index (χ4v) is 1.94. The summed E-state index contributed by atoms with van der Waals surface area (Å²) in [6.07, 6.45) is -4.60. The van der Waals surface area contributed by atoms with Gasteiger partial charge in [-0.25, -0.2) is 4.79 Å². The number of nitrogens with one attached hydrogen (secondary N) is 1. The van der Waals surface area contributed by atoms with Gasteiger partial charge >= 0.3 is 12.2 Å². The Morgan fingerprint density at radius 3 is 2.57 bits per heavy atom. The van der Waals surface area contributed by atoms with E-state index in [1.165, 1.54) is 0 Å². The SMILES string of the molecule is O=C1NC(=O)N2CCC(C(F)(F)F)C12. The maximum atomic E-state index is 12.4. The first-order valence-electron chi connectivity index (χ1n) is 4.09. The summed E-state index contributed by atoms with van der Waals surface area (Å²) in [6.45, 7) is -0.00752. The van der Waals surface area contributed by atoms with Crippen LogP contribution in [0, 0.1) is 5.92 Å². The zero-order chi connectivity index (χ0) is 10.5. The van der Waals surface area contributed by atoms with E-state index in [4.69, 9.17) is 0 Å². The van der Waals surface area contributed by atoms with E-state index in [1.807, 2.05) is 5.32 Å². The highest BCUT2D eigenvalue weighted by molar-refractivity contribution is 6.04. The minimum atomic E-state index is -4.42. The van der Waals surface area contributed by atoms with E-state index in [0.717, 1.165) is 4.90 Å². The molecule has 1 N–H and O–H groups in total. The Bertz CT molecular complexity index is 302. The first kappa shape index (κ1) is 9.29. The normalized spacial score (nSPS) is 32.1. The van der Waals surface area contributed by atoms with Gasteiger partial charge in [-0.1, -0.05) is 0 Å². The van der Waals surface area contributed by atoms with Gasteiger partial charge in [-0.3, -0.25) is 10.1 Å². The molecule has 0 saturated carbocycles. The number of urea groups is 1. The van der Waals surface area contributed by atoms with Gasteiger partial charge in [0.25, 0.3) is 5.91 Å². The van der Waals surface area contributed by atoms with Crippen molar-refractivity contribution in [3.8, 4) is 0 Å². The maximum absolute atomic E-state index is 12.4. The second kappa shape index (κ2) is 2.61. The number of fused-ring (bicyclic) bond motifs is 1. The van der Waals surface area contributed by atoms with Crippen LogP contribution in [0.1, 0.15) is 6.42 Å². The molecule has 3 amide bonds. The molecule has 2 unspecified atom stereocenters. The summed E-state index contributed by atoms with van der Waals surface area (Å²) in [5.41, 5.74) is 0. The van der Waals surface area contributed by atoms with Crippen molar-refractivity contribution in [3.63, 3.8) is 0 Å². The molecule has 2 aliphatic heterocycles. The lowest BCUT2D eigenvalue weighted by Crippen LogP contribution is -2.39. The van der Waals surface area contributed by atoms with Crippen LogP contribution in [0.25, 0.3) is 0 Å². The van der Waals surface area contributed by atoms with Crippen molar-refractivity contribution in [2.45, 2.75) is 18.6 Å². The molecule has 2 heterocycles. The molecule has 0 aromatic carbocycles. The Labute approximate surface area is 77.0 Å². The highest BCUT2D eigenvalue weighted by atomic mass is 19.4.